The Morgan fingerprint density at radius 2 is 1.96 bits per heavy atom. The number of hydrogen-bond donors (Lipinski definition) is 1. The maximum atomic E-state index is 12.3. The molecule has 0 bridgehead atoms. The van der Waals surface area contributed by atoms with Crippen molar-refractivity contribution in [2.45, 2.75) is 20.5 Å². The molecule has 0 spiro atoms. The molecule has 0 radical (unpaired) electrons. The Morgan fingerprint density at radius 3 is 2.60 bits per heavy atom. The van der Waals surface area contributed by atoms with Crippen LogP contribution in [-0.4, -0.2) is 16.0 Å². The van der Waals surface area contributed by atoms with E-state index in [1.54, 1.807) is 31.2 Å². The topological polar surface area (TPSA) is 77.2 Å². The van der Waals surface area contributed by atoms with Crippen LogP contribution in [0.5, 0.6) is 5.75 Å². The lowest BCUT2D eigenvalue weighted by molar-refractivity contribution is 0.102. The van der Waals surface area contributed by atoms with Gasteiger partial charge in [-0.15, -0.1) is 0 Å². The highest BCUT2D eigenvalue weighted by molar-refractivity contribution is 9.10. The molecule has 128 valence electrons. The Morgan fingerprint density at radius 1 is 1.20 bits per heavy atom. The van der Waals surface area contributed by atoms with Crippen molar-refractivity contribution < 1.29 is 14.1 Å². The maximum absolute atomic E-state index is 12.3. The number of benzene rings is 2. The van der Waals surface area contributed by atoms with E-state index in [1.807, 2.05) is 25.1 Å². The van der Waals surface area contributed by atoms with Crippen molar-refractivity contribution in [3.63, 3.8) is 0 Å². The van der Waals surface area contributed by atoms with Gasteiger partial charge in [0.2, 0.25) is 11.7 Å². The monoisotopic (exact) mass is 401 g/mol. The van der Waals surface area contributed by atoms with Crippen molar-refractivity contribution in [1.82, 2.24) is 10.1 Å². The van der Waals surface area contributed by atoms with Crippen LogP contribution in [0, 0.1) is 13.8 Å². The first-order chi connectivity index (χ1) is 12.0. The molecule has 0 fully saturated rings. The van der Waals surface area contributed by atoms with Gasteiger partial charge in [0.05, 0.1) is 0 Å². The summed E-state index contributed by atoms with van der Waals surface area (Å²) in [5.41, 5.74) is 2.31. The molecule has 6 nitrogen and oxygen atoms in total. The molecular formula is C18H16BrN3O3. The number of hydrogen-bond acceptors (Lipinski definition) is 5. The number of amides is 1. The average Bonchev–Trinajstić information content (AvgIpc) is 3.01. The molecule has 25 heavy (non-hydrogen) atoms. The molecule has 7 heteroatoms. The van der Waals surface area contributed by atoms with Gasteiger partial charge < -0.3 is 14.6 Å². The summed E-state index contributed by atoms with van der Waals surface area (Å²) in [4.78, 5) is 16.4. The SMILES string of the molecule is Cc1nc(COc2ccc(C(=O)Nc3ccc(Br)cc3C)cc2)no1. The molecule has 0 aliphatic heterocycles. The summed E-state index contributed by atoms with van der Waals surface area (Å²) < 4.78 is 11.4. The first kappa shape index (κ1) is 17.2. The third-order valence-corrected chi connectivity index (χ3v) is 3.98. The van der Waals surface area contributed by atoms with E-state index >= 15 is 0 Å². The minimum Gasteiger partial charge on any atom is -0.485 e. The number of aromatic nitrogens is 2. The predicted molar refractivity (Wildman–Crippen MR) is 96.6 cm³/mol. The summed E-state index contributed by atoms with van der Waals surface area (Å²) in [6.07, 6.45) is 0. The van der Waals surface area contributed by atoms with Crippen LogP contribution >= 0.6 is 15.9 Å². The van der Waals surface area contributed by atoms with Crippen LogP contribution in [0.15, 0.2) is 51.5 Å². The lowest BCUT2D eigenvalue weighted by atomic mass is 10.1. The van der Waals surface area contributed by atoms with Gasteiger partial charge in [-0.1, -0.05) is 21.1 Å². The molecule has 0 aliphatic rings. The molecule has 1 N–H and O–H groups in total. The number of rotatable bonds is 5. The van der Waals surface area contributed by atoms with E-state index in [9.17, 15) is 4.79 Å². The van der Waals surface area contributed by atoms with Gasteiger partial charge in [-0.2, -0.15) is 4.98 Å². The number of nitrogens with zero attached hydrogens (tertiary/aromatic N) is 2. The summed E-state index contributed by atoms with van der Waals surface area (Å²) in [6.45, 7) is 3.87. The van der Waals surface area contributed by atoms with Gasteiger partial charge in [0.15, 0.2) is 6.61 Å². The first-order valence-electron chi connectivity index (χ1n) is 7.61. The van der Waals surface area contributed by atoms with Crippen molar-refractivity contribution in [2.24, 2.45) is 0 Å². The fourth-order valence-electron chi connectivity index (χ4n) is 2.21. The summed E-state index contributed by atoms with van der Waals surface area (Å²) >= 11 is 3.41. The Balaban J connectivity index is 1.62. The van der Waals surface area contributed by atoms with E-state index in [4.69, 9.17) is 9.26 Å². The van der Waals surface area contributed by atoms with Crippen molar-refractivity contribution in [2.75, 3.05) is 5.32 Å². The molecule has 1 amide bonds. The van der Waals surface area contributed by atoms with Gasteiger partial charge in [0, 0.05) is 22.6 Å². The number of halogens is 1. The average molecular weight is 402 g/mol. The van der Waals surface area contributed by atoms with E-state index in [-0.39, 0.29) is 12.5 Å². The normalized spacial score (nSPS) is 10.5. The number of aryl methyl sites for hydroxylation is 2. The van der Waals surface area contributed by atoms with E-state index in [2.05, 4.69) is 31.4 Å². The fourth-order valence-corrected chi connectivity index (χ4v) is 2.69. The minimum atomic E-state index is -0.175. The molecule has 3 aromatic rings. The maximum Gasteiger partial charge on any atom is 0.255 e. The molecule has 0 saturated carbocycles. The number of carbonyl (C=O) groups is 1. The Labute approximate surface area is 153 Å². The first-order valence-corrected chi connectivity index (χ1v) is 8.40. The van der Waals surface area contributed by atoms with Crippen LogP contribution in [0.1, 0.15) is 27.6 Å². The van der Waals surface area contributed by atoms with E-state index in [0.717, 1.165) is 15.7 Å². The zero-order valence-corrected chi connectivity index (χ0v) is 15.3. The van der Waals surface area contributed by atoms with Gasteiger partial charge in [-0.05, 0) is 55.0 Å². The van der Waals surface area contributed by atoms with Crippen LogP contribution in [-0.2, 0) is 6.61 Å². The number of anilines is 1. The zero-order valence-electron chi connectivity index (χ0n) is 13.7. The van der Waals surface area contributed by atoms with Gasteiger partial charge >= 0.3 is 0 Å². The third kappa shape index (κ3) is 4.45. The molecule has 0 atom stereocenters. The second-order valence-corrected chi connectivity index (χ2v) is 6.37. The quantitative estimate of drug-likeness (QED) is 0.690. The highest BCUT2D eigenvalue weighted by atomic mass is 79.9. The van der Waals surface area contributed by atoms with Crippen LogP contribution in [0.2, 0.25) is 0 Å². The lowest BCUT2D eigenvalue weighted by Crippen LogP contribution is -2.12. The van der Waals surface area contributed by atoms with Gasteiger partial charge in [-0.25, -0.2) is 0 Å². The molecule has 2 aromatic carbocycles. The summed E-state index contributed by atoms with van der Waals surface area (Å²) in [7, 11) is 0. The number of carbonyl (C=O) groups excluding carboxylic acids is 1. The van der Waals surface area contributed by atoms with Crippen molar-refractivity contribution >= 4 is 27.5 Å². The van der Waals surface area contributed by atoms with E-state index < -0.39 is 0 Å². The highest BCUT2D eigenvalue weighted by Crippen LogP contribution is 2.21. The second-order valence-electron chi connectivity index (χ2n) is 5.46. The predicted octanol–water partition coefficient (Wildman–Crippen LogP) is 4.28. The van der Waals surface area contributed by atoms with Crippen LogP contribution in [0.25, 0.3) is 0 Å². The lowest BCUT2D eigenvalue weighted by Gasteiger charge is -2.09. The van der Waals surface area contributed by atoms with Crippen molar-refractivity contribution in [3.8, 4) is 5.75 Å². The molecule has 0 unspecified atom stereocenters. The second kappa shape index (κ2) is 7.48. The smallest absolute Gasteiger partial charge is 0.255 e. The Kier molecular flexibility index (Phi) is 5.14. The summed E-state index contributed by atoms with van der Waals surface area (Å²) in [6, 6.07) is 12.6. The van der Waals surface area contributed by atoms with Gasteiger partial charge in [0.25, 0.3) is 5.91 Å². The van der Waals surface area contributed by atoms with Crippen molar-refractivity contribution in [3.05, 3.63) is 69.8 Å². The van der Waals surface area contributed by atoms with Crippen molar-refractivity contribution in [1.29, 1.82) is 0 Å². The van der Waals surface area contributed by atoms with Crippen LogP contribution < -0.4 is 10.1 Å². The third-order valence-electron chi connectivity index (χ3n) is 3.49. The molecule has 0 aliphatic carbocycles. The molecule has 0 saturated heterocycles. The summed E-state index contributed by atoms with van der Waals surface area (Å²) in [5, 5.41) is 6.66. The standard InChI is InChI=1S/C18H16BrN3O3/c1-11-9-14(19)5-8-16(11)21-18(23)13-3-6-15(7-4-13)24-10-17-20-12(2)25-22-17/h3-9H,10H2,1-2H3,(H,21,23). The fraction of sp³-hybridized carbons (Fsp3) is 0.167. The molecule has 1 aromatic heterocycles. The Bertz CT molecular complexity index is 891. The largest absolute Gasteiger partial charge is 0.485 e. The van der Waals surface area contributed by atoms with Gasteiger partial charge in [0.1, 0.15) is 5.75 Å². The Hall–Kier alpha value is -2.67. The number of ether oxygens (including phenoxy) is 1. The van der Waals surface area contributed by atoms with E-state index in [1.165, 1.54) is 0 Å². The molecule has 1 heterocycles. The zero-order chi connectivity index (χ0) is 17.8. The van der Waals surface area contributed by atoms with Crippen LogP contribution in [0.4, 0.5) is 5.69 Å². The molecule has 3 rings (SSSR count). The highest BCUT2D eigenvalue weighted by Gasteiger charge is 2.09. The molecular weight excluding hydrogens is 386 g/mol. The van der Waals surface area contributed by atoms with Crippen LogP contribution in [0.3, 0.4) is 0 Å². The van der Waals surface area contributed by atoms with Gasteiger partial charge in [-0.3, -0.25) is 4.79 Å². The minimum absolute atomic E-state index is 0.175. The number of nitrogens with one attached hydrogen (secondary N) is 1. The van der Waals surface area contributed by atoms with E-state index in [0.29, 0.717) is 23.0 Å². The summed E-state index contributed by atoms with van der Waals surface area (Å²) in [5.74, 6) is 1.42.